The largest absolute Gasteiger partial charge is 0.376 e. The summed E-state index contributed by atoms with van der Waals surface area (Å²) in [7, 11) is 0. The number of aliphatic hydroxyl groups excluding tert-OH is 1. The molecular formula is C23H26O. The van der Waals surface area contributed by atoms with Crippen molar-refractivity contribution in [3.63, 3.8) is 0 Å². The summed E-state index contributed by atoms with van der Waals surface area (Å²) in [5, 5.41) is 10.5. The minimum absolute atomic E-state index is 0.0211. The molecule has 0 fully saturated rings. The Morgan fingerprint density at radius 2 is 1.58 bits per heavy atom. The van der Waals surface area contributed by atoms with Gasteiger partial charge in [-0.25, -0.2) is 0 Å². The Labute approximate surface area is 145 Å². The van der Waals surface area contributed by atoms with Gasteiger partial charge in [-0.05, 0) is 57.6 Å². The average Bonchev–Trinajstić information content (AvgIpc) is 2.58. The van der Waals surface area contributed by atoms with Crippen LogP contribution in [0.3, 0.4) is 0 Å². The lowest BCUT2D eigenvalue weighted by molar-refractivity contribution is 0.231. The fraction of sp³-hybridized carbons (Fsp3) is 0.391. The Balaban J connectivity index is 2.34. The van der Waals surface area contributed by atoms with Crippen LogP contribution in [0.15, 0.2) is 42.5 Å². The van der Waals surface area contributed by atoms with Gasteiger partial charge in [-0.15, -0.1) is 6.42 Å². The summed E-state index contributed by atoms with van der Waals surface area (Å²) < 4.78 is 0. The van der Waals surface area contributed by atoms with Gasteiger partial charge in [0, 0.05) is 0 Å². The molecule has 1 atom stereocenters. The maximum absolute atomic E-state index is 10.5. The van der Waals surface area contributed by atoms with Gasteiger partial charge in [0.2, 0.25) is 0 Å². The quantitative estimate of drug-likeness (QED) is 0.738. The van der Waals surface area contributed by atoms with Crippen molar-refractivity contribution in [2.24, 2.45) is 0 Å². The Morgan fingerprint density at radius 3 is 2.21 bits per heavy atom. The highest BCUT2D eigenvalue weighted by Crippen LogP contribution is 2.49. The summed E-state index contributed by atoms with van der Waals surface area (Å²) in [6, 6.07) is 14.7. The van der Waals surface area contributed by atoms with Gasteiger partial charge in [-0.1, -0.05) is 70.0 Å². The molecule has 1 N–H and O–H groups in total. The summed E-state index contributed by atoms with van der Waals surface area (Å²) in [5.41, 5.74) is 5.85. The lowest BCUT2D eigenvalue weighted by Crippen LogP contribution is -2.35. The standard InChI is InChI=1S/C23H26O/c1-6-20(24)18-14-17(16-10-8-7-9-11-16)15-19-21(18)23(4,5)13-12-22(19,2)3/h1,7-11,14-15,20,24H,12-13H2,2-5H3. The van der Waals surface area contributed by atoms with Crippen molar-refractivity contribution in [3.8, 4) is 23.5 Å². The molecule has 1 unspecified atom stereocenters. The second kappa shape index (κ2) is 5.80. The van der Waals surface area contributed by atoms with E-state index >= 15 is 0 Å². The fourth-order valence-electron chi connectivity index (χ4n) is 3.94. The van der Waals surface area contributed by atoms with Crippen LogP contribution in [0.4, 0.5) is 0 Å². The number of terminal acetylenes is 1. The van der Waals surface area contributed by atoms with Gasteiger partial charge in [0.1, 0.15) is 6.10 Å². The molecule has 1 aliphatic carbocycles. The second-order valence-electron chi connectivity index (χ2n) is 8.19. The molecule has 1 aliphatic rings. The third kappa shape index (κ3) is 2.76. The first kappa shape index (κ1) is 16.8. The van der Waals surface area contributed by atoms with Gasteiger partial charge < -0.3 is 5.11 Å². The van der Waals surface area contributed by atoms with Crippen molar-refractivity contribution in [2.75, 3.05) is 0 Å². The Bertz CT molecular complexity index is 791. The summed E-state index contributed by atoms with van der Waals surface area (Å²) >= 11 is 0. The molecule has 0 amide bonds. The van der Waals surface area contributed by atoms with Crippen molar-refractivity contribution in [1.29, 1.82) is 0 Å². The summed E-state index contributed by atoms with van der Waals surface area (Å²) in [6.07, 6.45) is 6.95. The van der Waals surface area contributed by atoms with Crippen LogP contribution in [0.25, 0.3) is 11.1 Å². The van der Waals surface area contributed by atoms with E-state index in [0.29, 0.717) is 0 Å². The number of aliphatic hydroxyl groups is 1. The van der Waals surface area contributed by atoms with Gasteiger partial charge in [0.25, 0.3) is 0 Å². The molecule has 2 aromatic carbocycles. The Hall–Kier alpha value is -2.04. The molecule has 0 aromatic heterocycles. The van der Waals surface area contributed by atoms with Crippen LogP contribution < -0.4 is 0 Å². The fourth-order valence-corrected chi connectivity index (χ4v) is 3.94. The van der Waals surface area contributed by atoms with E-state index < -0.39 is 6.10 Å². The zero-order chi connectivity index (χ0) is 17.5. The molecule has 0 saturated carbocycles. The van der Waals surface area contributed by atoms with Gasteiger partial charge in [-0.2, -0.15) is 0 Å². The number of hydrogen-bond acceptors (Lipinski definition) is 1. The maximum Gasteiger partial charge on any atom is 0.140 e. The Kier molecular flexibility index (Phi) is 4.06. The number of rotatable bonds is 2. The lowest BCUT2D eigenvalue weighted by Gasteiger charge is -2.43. The highest BCUT2D eigenvalue weighted by Gasteiger charge is 2.39. The van der Waals surface area contributed by atoms with E-state index in [0.717, 1.165) is 29.5 Å². The van der Waals surface area contributed by atoms with Crippen molar-refractivity contribution in [3.05, 3.63) is 59.2 Å². The van der Waals surface area contributed by atoms with Gasteiger partial charge in [0.05, 0.1) is 0 Å². The van der Waals surface area contributed by atoms with Crippen molar-refractivity contribution in [2.45, 2.75) is 57.5 Å². The first-order valence-electron chi connectivity index (χ1n) is 8.65. The Morgan fingerprint density at radius 1 is 0.958 bits per heavy atom. The first-order valence-corrected chi connectivity index (χ1v) is 8.65. The zero-order valence-corrected chi connectivity index (χ0v) is 15.1. The summed E-state index contributed by atoms with van der Waals surface area (Å²) in [6.45, 7) is 9.11. The molecule has 0 bridgehead atoms. The van der Waals surface area contributed by atoms with Crippen LogP contribution >= 0.6 is 0 Å². The minimum atomic E-state index is -0.865. The summed E-state index contributed by atoms with van der Waals surface area (Å²) in [5.74, 6) is 2.53. The molecule has 124 valence electrons. The van der Waals surface area contributed by atoms with Crippen LogP contribution in [-0.2, 0) is 10.8 Å². The highest BCUT2D eigenvalue weighted by atomic mass is 16.3. The average molecular weight is 318 g/mol. The molecule has 0 radical (unpaired) electrons. The monoisotopic (exact) mass is 318 g/mol. The van der Waals surface area contributed by atoms with Crippen molar-refractivity contribution >= 4 is 0 Å². The molecular weight excluding hydrogens is 292 g/mol. The van der Waals surface area contributed by atoms with E-state index in [1.807, 2.05) is 18.2 Å². The smallest absolute Gasteiger partial charge is 0.140 e. The minimum Gasteiger partial charge on any atom is -0.376 e. The maximum atomic E-state index is 10.5. The predicted molar refractivity (Wildman–Crippen MR) is 101 cm³/mol. The normalized spacial score (nSPS) is 19.2. The SMILES string of the molecule is C#CC(O)c1cc(-c2ccccc2)cc2c1C(C)(C)CCC2(C)C. The molecule has 1 heteroatoms. The van der Waals surface area contributed by atoms with Crippen LogP contribution in [0.1, 0.15) is 63.3 Å². The molecule has 24 heavy (non-hydrogen) atoms. The van der Waals surface area contributed by atoms with Crippen LogP contribution in [0, 0.1) is 12.3 Å². The van der Waals surface area contributed by atoms with Crippen molar-refractivity contribution in [1.82, 2.24) is 0 Å². The van der Waals surface area contributed by atoms with Crippen LogP contribution in [-0.4, -0.2) is 5.11 Å². The molecule has 0 saturated heterocycles. The molecule has 1 nitrogen and oxygen atoms in total. The van der Waals surface area contributed by atoms with E-state index in [1.165, 1.54) is 11.1 Å². The van der Waals surface area contributed by atoms with Crippen LogP contribution in [0.5, 0.6) is 0 Å². The van der Waals surface area contributed by atoms with Gasteiger partial charge >= 0.3 is 0 Å². The van der Waals surface area contributed by atoms with Crippen molar-refractivity contribution < 1.29 is 5.11 Å². The predicted octanol–water partition coefficient (Wildman–Crippen LogP) is 5.37. The lowest BCUT2D eigenvalue weighted by atomic mass is 9.61. The van der Waals surface area contributed by atoms with E-state index in [4.69, 9.17) is 6.42 Å². The first-order chi connectivity index (χ1) is 11.3. The third-order valence-corrected chi connectivity index (χ3v) is 5.51. The number of hydrogen-bond donors (Lipinski definition) is 1. The molecule has 2 aromatic rings. The van der Waals surface area contributed by atoms with E-state index in [9.17, 15) is 5.11 Å². The molecule has 0 spiro atoms. The van der Waals surface area contributed by atoms with E-state index in [1.54, 1.807) is 0 Å². The van der Waals surface area contributed by atoms with Crippen LogP contribution in [0.2, 0.25) is 0 Å². The molecule has 0 aliphatic heterocycles. The van der Waals surface area contributed by atoms with E-state index in [-0.39, 0.29) is 10.8 Å². The molecule has 3 rings (SSSR count). The topological polar surface area (TPSA) is 20.2 Å². The third-order valence-electron chi connectivity index (χ3n) is 5.51. The number of benzene rings is 2. The van der Waals surface area contributed by atoms with Gasteiger partial charge in [0.15, 0.2) is 0 Å². The summed E-state index contributed by atoms with van der Waals surface area (Å²) in [4.78, 5) is 0. The molecule has 0 heterocycles. The highest BCUT2D eigenvalue weighted by molar-refractivity contribution is 5.68. The van der Waals surface area contributed by atoms with E-state index in [2.05, 4.69) is 57.9 Å². The van der Waals surface area contributed by atoms with Gasteiger partial charge in [-0.3, -0.25) is 0 Å². The zero-order valence-electron chi connectivity index (χ0n) is 15.1. The number of fused-ring (bicyclic) bond motifs is 1. The second-order valence-corrected chi connectivity index (χ2v) is 8.19.